The van der Waals surface area contributed by atoms with Gasteiger partial charge in [-0.1, -0.05) is 0 Å². The van der Waals surface area contributed by atoms with E-state index in [9.17, 15) is 4.39 Å². The first-order chi connectivity index (χ1) is 8.69. The van der Waals surface area contributed by atoms with Crippen LogP contribution in [0.4, 0.5) is 15.9 Å². The van der Waals surface area contributed by atoms with Crippen LogP contribution < -0.4 is 15.8 Å². The van der Waals surface area contributed by atoms with Gasteiger partial charge in [-0.15, -0.1) is 0 Å². The summed E-state index contributed by atoms with van der Waals surface area (Å²) in [5.74, 6) is 1.21. The summed E-state index contributed by atoms with van der Waals surface area (Å²) < 4.78 is 18.8. The van der Waals surface area contributed by atoms with Crippen molar-refractivity contribution < 1.29 is 9.13 Å². The third-order valence-corrected chi connectivity index (χ3v) is 2.30. The Morgan fingerprint density at radius 2 is 2.06 bits per heavy atom. The van der Waals surface area contributed by atoms with Crippen LogP contribution in [0.15, 0.2) is 36.5 Å². The van der Waals surface area contributed by atoms with Gasteiger partial charge < -0.3 is 15.8 Å². The SMILES string of the molecule is CCNc1cc(Oc2ccc(N)c(F)c2)ccn1. The average Bonchev–Trinajstić information content (AvgIpc) is 2.35. The fourth-order valence-electron chi connectivity index (χ4n) is 1.46. The first-order valence-corrected chi connectivity index (χ1v) is 5.62. The second-order valence-electron chi connectivity index (χ2n) is 3.69. The third kappa shape index (κ3) is 2.88. The van der Waals surface area contributed by atoms with Crippen LogP contribution in [0, 0.1) is 5.82 Å². The average molecular weight is 247 g/mol. The number of nitrogens with one attached hydrogen (secondary N) is 1. The maximum absolute atomic E-state index is 13.3. The molecular weight excluding hydrogens is 233 g/mol. The van der Waals surface area contributed by atoms with Gasteiger partial charge >= 0.3 is 0 Å². The Labute approximate surface area is 105 Å². The van der Waals surface area contributed by atoms with Crippen molar-refractivity contribution in [3.05, 3.63) is 42.3 Å². The summed E-state index contributed by atoms with van der Waals surface area (Å²) in [6.45, 7) is 2.75. The van der Waals surface area contributed by atoms with E-state index >= 15 is 0 Å². The molecule has 1 aromatic carbocycles. The Morgan fingerprint density at radius 3 is 2.78 bits per heavy atom. The topological polar surface area (TPSA) is 60.2 Å². The molecule has 3 N–H and O–H groups in total. The lowest BCUT2D eigenvalue weighted by Gasteiger charge is -2.08. The Hall–Kier alpha value is -2.30. The Balaban J connectivity index is 2.17. The summed E-state index contributed by atoms with van der Waals surface area (Å²) in [5, 5.41) is 3.07. The zero-order chi connectivity index (χ0) is 13.0. The lowest BCUT2D eigenvalue weighted by Crippen LogP contribution is -1.99. The highest BCUT2D eigenvalue weighted by Crippen LogP contribution is 2.25. The number of rotatable bonds is 4. The predicted octanol–water partition coefficient (Wildman–Crippen LogP) is 3.03. The van der Waals surface area contributed by atoms with Gasteiger partial charge in [-0.3, -0.25) is 0 Å². The molecule has 94 valence electrons. The van der Waals surface area contributed by atoms with E-state index in [4.69, 9.17) is 10.5 Å². The van der Waals surface area contributed by atoms with Gasteiger partial charge in [-0.05, 0) is 25.1 Å². The molecule has 0 unspecified atom stereocenters. The minimum atomic E-state index is -0.492. The molecule has 2 aromatic rings. The van der Waals surface area contributed by atoms with Crippen LogP contribution in [0.3, 0.4) is 0 Å². The Bertz CT molecular complexity index is 546. The normalized spacial score (nSPS) is 10.1. The summed E-state index contributed by atoms with van der Waals surface area (Å²) in [6.07, 6.45) is 1.63. The number of aromatic nitrogens is 1. The second-order valence-corrected chi connectivity index (χ2v) is 3.69. The first-order valence-electron chi connectivity index (χ1n) is 5.62. The van der Waals surface area contributed by atoms with Gasteiger partial charge in [-0.25, -0.2) is 9.37 Å². The molecule has 18 heavy (non-hydrogen) atoms. The Morgan fingerprint density at radius 1 is 1.28 bits per heavy atom. The molecule has 5 heteroatoms. The van der Waals surface area contributed by atoms with Crippen LogP contribution in [0.2, 0.25) is 0 Å². The number of hydrogen-bond acceptors (Lipinski definition) is 4. The predicted molar refractivity (Wildman–Crippen MR) is 69.3 cm³/mol. The van der Waals surface area contributed by atoms with Crippen molar-refractivity contribution >= 4 is 11.5 Å². The molecule has 0 bridgehead atoms. The van der Waals surface area contributed by atoms with Crippen molar-refractivity contribution in [3.8, 4) is 11.5 Å². The number of nitrogen functional groups attached to an aromatic ring is 1. The number of nitrogens with two attached hydrogens (primary N) is 1. The number of halogens is 1. The summed E-state index contributed by atoms with van der Waals surface area (Å²) in [6, 6.07) is 7.79. The first kappa shape index (κ1) is 12.2. The molecule has 0 atom stereocenters. The van der Waals surface area contributed by atoms with Crippen LogP contribution in [-0.4, -0.2) is 11.5 Å². The lowest BCUT2D eigenvalue weighted by molar-refractivity contribution is 0.477. The molecule has 0 spiro atoms. The maximum Gasteiger partial charge on any atom is 0.149 e. The standard InChI is InChI=1S/C13H14FN3O/c1-2-16-13-8-10(5-6-17-13)18-9-3-4-12(15)11(14)7-9/h3-8H,2,15H2,1H3,(H,16,17). The highest BCUT2D eigenvalue weighted by Gasteiger charge is 2.03. The minimum absolute atomic E-state index is 0.102. The van der Waals surface area contributed by atoms with E-state index in [-0.39, 0.29) is 5.69 Å². The van der Waals surface area contributed by atoms with Crippen LogP contribution in [0.25, 0.3) is 0 Å². The molecule has 0 fully saturated rings. The van der Waals surface area contributed by atoms with E-state index in [1.54, 1.807) is 24.4 Å². The molecule has 2 rings (SSSR count). The largest absolute Gasteiger partial charge is 0.457 e. The monoisotopic (exact) mass is 247 g/mol. The van der Waals surface area contributed by atoms with Gasteiger partial charge in [0.1, 0.15) is 23.1 Å². The number of pyridine rings is 1. The van der Waals surface area contributed by atoms with Crippen molar-refractivity contribution in [1.29, 1.82) is 0 Å². The van der Waals surface area contributed by atoms with Gasteiger partial charge in [0.15, 0.2) is 0 Å². The molecule has 1 heterocycles. The van der Waals surface area contributed by atoms with Crippen molar-refractivity contribution in [1.82, 2.24) is 4.98 Å². The molecule has 0 saturated carbocycles. The highest BCUT2D eigenvalue weighted by atomic mass is 19.1. The number of anilines is 2. The van der Waals surface area contributed by atoms with Gasteiger partial charge in [0.05, 0.1) is 5.69 Å². The van der Waals surface area contributed by atoms with E-state index in [0.29, 0.717) is 17.3 Å². The molecule has 0 amide bonds. The lowest BCUT2D eigenvalue weighted by atomic mass is 10.3. The van der Waals surface area contributed by atoms with Crippen LogP contribution in [0.1, 0.15) is 6.92 Å². The third-order valence-electron chi connectivity index (χ3n) is 2.30. The number of nitrogens with zero attached hydrogens (tertiary/aromatic N) is 1. The number of ether oxygens (including phenoxy) is 1. The van der Waals surface area contributed by atoms with Crippen molar-refractivity contribution in [2.75, 3.05) is 17.6 Å². The summed E-state index contributed by atoms with van der Waals surface area (Å²) >= 11 is 0. The van der Waals surface area contributed by atoms with E-state index < -0.39 is 5.82 Å². The minimum Gasteiger partial charge on any atom is -0.457 e. The van der Waals surface area contributed by atoms with Gasteiger partial charge in [-0.2, -0.15) is 0 Å². The molecule has 0 aliphatic heterocycles. The van der Waals surface area contributed by atoms with Crippen LogP contribution in [-0.2, 0) is 0 Å². The fourth-order valence-corrected chi connectivity index (χ4v) is 1.46. The van der Waals surface area contributed by atoms with Crippen molar-refractivity contribution in [3.63, 3.8) is 0 Å². The number of benzene rings is 1. The van der Waals surface area contributed by atoms with E-state index in [2.05, 4.69) is 10.3 Å². The maximum atomic E-state index is 13.3. The quantitative estimate of drug-likeness (QED) is 0.815. The van der Waals surface area contributed by atoms with E-state index in [0.717, 1.165) is 6.54 Å². The zero-order valence-corrected chi connectivity index (χ0v) is 9.98. The van der Waals surface area contributed by atoms with Crippen molar-refractivity contribution in [2.24, 2.45) is 0 Å². The summed E-state index contributed by atoms with van der Waals surface area (Å²) in [4.78, 5) is 4.12. The molecule has 0 radical (unpaired) electrons. The molecular formula is C13H14FN3O. The molecule has 1 aromatic heterocycles. The smallest absolute Gasteiger partial charge is 0.149 e. The van der Waals surface area contributed by atoms with Gasteiger partial charge in [0, 0.05) is 24.9 Å². The Kier molecular flexibility index (Phi) is 3.62. The second kappa shape index (κ2) is 5.35. The fraction of sp³-hybridized carbons (Fsp3) is 0.154. The van der Waals surface area contributed by atoms with Crippen molar-refractivity contribution in [2.45, 2.75) is 6.92 Å². The molecule has 0 aliphatic rings. The molecule has 4 nitrogen and oxygen atoms in total. The summed E-state index contributed by atoms with van der Waals surface area (Å²) in [7, 11) is 0. The van der Waals surface area contributed by atoms with Gasteiger partial charge in [0.25, 0.3) is 0 Å². The molecule has 0 saturated heterocycles. The molecule has 0 aliphatic carbocycles. The van der Waals surface area contributed by atoms with E-state index in [1.165, 1.54) is 12.1 Å². The highest BCUT2D eigenvalue weighted by molar-refractivity contribution is 5.46. The zero-order valence-electron chi connectivity index (χ0n) is 9.98. The number of hydrogen-bond donors (Lipinski definition) is 2. The van der Waals surface area contributed by atoms with E-state index in [1.807, 2.05) is 6.92 Å². The van der Waals surface area contributed by atoms with Crippen LogP contribution in [0.5, 0.6) is 11.5 Å². The van der Waals surface area contributed by atoms with Gasteiger partial charge in [0.2, 0.25) is 0 Å². The van der Waals surface area contributed by atoms with Crippen LogP contribution >= 0.6 is 0 Å². The summed E-state index contributed by atoms with van der Waals surface area (Å²) in [5.41, 5.74) is 5.50.